The van der Waals surface area contributed by atoms with Gasteiger partial charge in [-0.15, -0.1) is 0 Å². The topological polar surface area (TPSA) is 63.5 Å². The highest BCUT2D eigenvalue weighted by molar-refractivity contribution is 5.80. The minimum absolute atomic E-state index is 0.157. The molecule has 1 unspecified atom stereocenters. The molecule has 0 saturated carbocycles. The van der Waals surface area contributed by atoms with Crippen LogP contribution < -0.4 is 15.4 Å². The SMILES string of the molecule is CN=C(NCCCn1cc(C)cn1)NC(C)c1ccc(OCC(C)C)cc1. The first-order valence-corrected chi connectivity index (χ1v) is 9.67. The molecular weight excluding hydrogens is 338 g/mol. The largest absolute Gasteiger partial charge is 0.493 e. The second kappa shape index (κ2) is 10.6. The molecule has 0 aliphatic carbocycles. The minimum atomic E-state index is 0.157. The van der Waals surface area contributed by atoms with Gasteiger partial charge in [0.15, 0.2) is 5.96 Å². The number of aryl methyl sites for hydroxylation is 2. The third-order valence-corrected chi connectivity index (χ3v) is 4.16. The molecule has 0 aliphatic rings. The van der Waals surface area contributed by atoms with Gasteiger partial charge in [0.25, 0.3) is 0 Å². The van der Waals surface area contributed by atoms with Crippen molar-refractivity contribution in [2.75, 3.05) is 20.2 Å². The summed E-state index contributed by atoms with van der Waals surface area (Å²) in [5.74, 6) is 2.24. The van der Waals surface area contributed by atoms with Crippen LogP contribution in [0.5, 0.6) is 5.75 Å². The van der Waals surface area contributed by atoms with Gasteiger partial charge in [0.1, 0.15) is 5.75 Å². The number of aliphatic imine (C=N–C) groups is 1. The molecule has 0 saturated heterocycles. The summed E-state index contributed by atoms with van der Waals surface area (Å²) in [5, 5.41) is 11.1. The van der Waals surface area contributed by atoms with Crippen molar-refractivity contribution in [3.63, 3.8) is 0 Å². The summed E-state index contributed by atoms with van der Waals surface area (Å²) in [6.07, 6.45) is 4.93. The first-order valence-electron chi connectivity index (χ1n) is 9.67. The first-order chi connectivity index (χ1) is 13.0. The molecule has 27 heavy (non-hydrogen) atoms. The number of guanidine groups is 1. The minimum Gasteiger partial charge on any atom is -0.493 e. The lowest BCUT2D eigenvalue weighted by molar-refractivity contribution is 0.271. The monoisotopic (exact) mass is 371 g/mol. The average molecular weight is 372 g/mol. The Morgan fingerprint density at radius 3 is 2.56 bits per heavy atom. The number of hydrogen-bond donors (Lipinski definition) is 2. The first kappa shape index (κ1) is 20.8. The van der Waals surface area contributed by atoms with E-state index in [9.17, 15) is 0 Å². The van der Waals surface area contributed by atoms with E-state index in [-0.39, 0.29) is 6.04 Å². The van der Waals surface area contributed by atoms with Crippen LogP contribution >= 0.6 is 0 Å². The summed E-state index contributed by atoms with van der Waals surface area (Å²) in [4.78, 5) is 4.32. The van der Waals surface area contributed by atoms with E-state index in [1.54, 1.807) is 7.05 Å². The Hall–Kier alpha value is -2.50. The van der Waals surface area contributed by atoms with Crippen LogP contribution in [-0.4, -0.2) is 35.9 Å². The Morgan fingerprint density at radius 2 is 1.96 bits per heavy atom. The van der Waals surface area contributed by atoms with Crippen LogP contribution in [0, 0.1) is 12.8 Å². The zero-order valence-corrected chi connectivity index (χ0v) is 17.2. The van der Waals surface area contributed by atoms with Gasteiger partial charge in [-0.05, 0) is 49.4 Å². The van der Waals surface area contributed by atoms with E-state index in [2.05, 4.69) is 66.7 Å². The van der Waals surface area contributed by atoms with Gasteiger partial charge in [-0.25, -0.2) is 0 Å². The normalized spacial score (nSPS) is 12.9. The van der Waals surface area contributed by atoms with E-state index in [1.807, 2.05) is 23.0 Å². The van der Waals surface area contributed by atoms with Crippen molar-refractivity contribution in [1.29, 1.82) is 0 Å². The lowest BCUT2D eigenvalue weighted by Crippen LogP contribution is -2.39. The zero-order chi connectivity index (χ0) is 19.6. The summed E-state index contributed by atoms with van der Waals surface area (Å²) >= 11 is 0. The van der Waals surface area contributed by atoms with Crippen LogP contribution in [0.4, 0.5) is 0 Å². The van der Waals surface area contributed by atoms with E-state index >= 15 is 0 Å². The summed E-state index contributed by atoms with van der Waals surface area (Å²) in [6.45, 7) is 11.0. The number of nitrogens with one attached hydrogen (secondary N) is 2. The van der Waals surface area contributed by atoms with E-state index in [1.165, 1.54) is 11.1 Å². The molecule has 0 aliphatic heterocycles. The maximum atomic E-state index is 5.74. The molecule has 1 atom stereocenters. The molecule has 1 heterocycles. The van der Waals surface area contributed by atoms with Crippen molar-refractivity contribution >= 4 is 5.96 Å². The van der Waals surface area contributed by atoms with Crippen molar-refractivity contribution < 1.29 is 4.74 Å². The van der Waals surface area contributed by atoms with Crippen LogP contribution in [0.1, 0.15) is 44.4 Å². The number of hydrogen-bond acceptors (Lipinski definition) is 3. The molecule has 6 nitrogen and oxygen atoms in total. The van der Waals surface area contributed by atoms with Gasteiger partial charge >= 0.3 is 0 Å². The van der Waals surface area contributed by atoms with Gasteiger partial charge in [0, 0.05) is 26.3 Å². The molecule has 0 bridgehead atoms. The number of benzene rings is 1. The molecular formula is C21H33N5O. The van der Waals surface area contributed by atoms with Crippen molar-refractivity contribution in [2.45, 2.75) is 46.7 Å². The highest BCUT2D eigenvalue weighted by atomic mass is 16.5. The lowest BCUT2D eigenvalue weighted by atomic mass is 10.1. The van der Waals surface area contributed by atoms with E-state index < -0.39 is 0 Å². The van der Waals surface area contributed by atoms with Crippen molar-refractivity contribution in [2.24, 2.45) is 10.9 Å². The number of aromatic nitrogens is 2. The second-order valence-corrected chi connectivity index (χ2v) is 7.27. The summed E-state index contributed by atoms with van der Waals surface area (Å²) in [5.41, 5.74) is 2.39. The molecule has 2 N–H and O–H groups in total. The Morgan fingerprint density at radius 1 is 1.22 bits per heavy atom. The van der Waals surface area contributed by atoms with E-state index in [0.717, 1.165) is 37.8 Å². The van der Waals surface area contributed by atoms with Gasteiger partial charge < -0.3 is 15.4 Å². The predicted octanol–water partition coefficient (Wildman–Crippen LogP) is 3.54. The molecule has 0 amide bonds. The smallest absolute Gasteiger partial charge is 0.191 e. The molecule has 6 heteroatoms. The van der Waals surface area contributed by atoms with Gasteiger partial charge in [-0.1, -0.05) is 26.0 Å². The molecule has 2 rings (SSSR count). The Kier molecular flexibility index (Phi) is 8.17. The van der Waals surface area contributed by atoms with E-state index in [0.29, 0.717) is 5.92 Å². The fourth-order valence-corrected chi connectivity index (χ4v) is 2.64. The van der Waals surface area contributed by atoms with Crippen LogP contribution in [0.3, 0.4) is 0 Å². The fourth-order valence-electron chi connectivity index (χ4n) is 2.64. The molecule has 0 spiro atoms. The molecule has 0 radical (unpaired) electrons. The second-order valence-electron chi connectivity index (χ2n) is 7.27. The van der Waals surface area contributed by atoms with Crippen molar-refractivity contribution in [1.82, 2.24) is 20.4 Å². The molecule has 2 aromatic rings. The van der Waals surface area contributed by atoms with Crippen LogP contribution in [-0.2, 0) is 6.54 Å². The van der Waals surface area contributed by atoms with Gasteiger partial charge in [0.05, 0.1) is 18.8 Å². The Labute approximate surface area is 163 Å². The lowest BCUT2D eigenvalue weighted by Gasteiger charge is -2.19. The maximum absolute atomic E-state index is 5.74. The number of nitrogens with zero attached hydrogens (tertiary/aromatic N) is 3. The summed E-state index contributed by atoms with van der Waals surface area (Å²) in [7, 11) is 1.79. The van der Waals surface area contributed by atoms with E-state index in [4.69, 9.17) is 4.74 Å². The molecule has 1 aromatic heterocycles. The Bertz CT molecular complexity index is 706. The maximum Gasteiger partial charge on any atom is 0.191 e. The predicted molar refractivity (Wildman–Crippen MR) is 111 cm³/mol. The third kappa shape index (κ3) is 7.33. The third-order valence-electron chi connectivity index (χ3n) is 4.16. The van der Waals surface area contributed by atoms with Gasteiger partial charge in [-0.3, -0.25) is 9.67 Å². The number of rotatable bonds is 9. The highest BCUT2D eigenvalue weighted by Gasteiger charge is 2.08. The van der Waals surface area contributed by atoms with Crippen LogP contribution in [0.25, 0.3) is 0 Å². The highest BCUT2D eigenvalue weighted by Crippen LogP contribution is 2.18. The average Bonchev–Trinajstić information content (AvgIpc) is 3.07. The van der Waals surface area contributed by atoms with Crippen LogP contribution in [0.15, 0.2) is 41.7 Å². The summed E-state index contributed by atoms with van der Waals surface area (Å²) < 4.78 is 7.72. The summed E-state index contributed by atoms with van der Waals surface area (Å²) in [6, 6.07) is 8.40. The molecule has 1 aromatic carbocycles. The van der Waals surface area contributed by atoms with Crippen LogP contribution in [0.2, 0.25) is 0 Å². The molecule has 0 fully saturated rings. The van der Waals surface area contributed by atoms with Crippen molar-refractivity contribution in [3.8, 4) is 5.75 Å². The van der Waals surface area contributed by atoms with Crippen molar-refractivity contribution in [3.05, 3.63) is 47.8 Å². The molecule has 148 valence electrons. The zero-order valence-electron chi connectivity index (χ0n) is 17.2. The standard InChI is InChI=1S/C21H33N5O/c1-16(2)15-27-20-9-7-19(8-10-20)18(4)25-21(22-5)23-11-6-12-26-14-17(3)13-24-26/h7-10,13-14,16,18H,6,11-12,15H2,1-5H3,(H2,22,23,25). The van der Waals surface area contributed by atoms with Gasteiger partial charge in [0.2, 0.25) is 0 Å². The number of ether oxygens (including phenoxy) is 1. The quantitative estimate of drug-likeness (QED) is 0.402. The van der Waals surface area contributed by atoms with Gasteiger partial charge in [-0.2, -0.15) is 5.10 Å². The fraction of sp³-hybridized carbons (Fsp3) is 0.524. The Balaban J connectivity index is 1.75.